The Bertz CT molecular complexity index is 766. The van der Waals surface area contributed by atoms with Crippen LogP contribution in [0.5, 0.6) is 0 Å². The van der Waals surface area contributed by atoms with Gasteiger partial charge < -0.3 is 4.57 Å². The molecule has 1 heterocycles. The monoisotopic (exact) mass is 387 g/mol. The van der Waals surface area contributed by atoms with Gasteiger partial charge in [-0.3, -0.25) is 4.79 Å². The molecule has 0 atom stereocenters. The molecule has 1 fully saturated rings. The molecule has 1 saturated carbocycles. The van der Waals surface area contributed by atoms with Crippen LogP contribution in [0.25, 0.3) is 0 Å². The summed E-state index contributed by atoms with van der Waals surface area (Å²) in [6.07, 6.45) is 9.30. The molecule has 1 aromatic heterocycles. The first-order chi connectivity index (χ1) is 13.2. The van der Waals surface area contributed by atoms with Crippen LogP contribution in [-0.4, -0.2) is 26.3 Å². The third-order valence-corrected chi connectivity index (χ3v) is 6.03. The SMILES string of the molecule is C=CCn1c(SCCCC(=O)c2ccc(F)cc2)nnc1C1CCCCC1. The zero-order chi connectivity index (χ0) is 19.1. The van der Waals surface area contributed by atoms with Crippen molar-refractivity contribution in [2.75, 3.05) is 5.75 Å². The maximum Gasteiger partial charge on any atom is 0.191 e. The Hall–Kier alpha value is -1.95. The minimum absolute atomic E-state index is 0.0473. The van der Waals surface area contributed by atoms with E-state index in [-0.39, 0.29) is 11.6 Å². The maximum absolute atomic E-state index is 12.9. The van der Waals surface area contributed by atoms with Gasteiger partial charge in [0, 0.05) is 30.2 Å². The third-order valence-electron chi connectivity index (χ3n) is 4.97. The van der Waals surface area contributed by atoms with Crippen LogP contribution in [0, 0.1) is 5.82 Å². The number of allylic oxidation sites excluding steroid dienone is 1. The quantitative estimate of drug-likeness (QED) is 0.250. The first-order valence-corrected chi connectivity index (χ1v) is 10.6. The smallest absolute Gasteiger partial charge is 0.191 e. The Morgan fingerprint density at radius 1 is 1.22 bits per heavy atom. The molecule has 0 aliphatic heterocycles. The summed E-state index contributed by atoms with van der Waals surface area (Å²) in [5, 5.41) is 9.77. The van der Waals surface area contributed by atoms with Gasteiger partial charge in [-0.15, -0.1) is 16.8 Å². The van der Waals surface area contributed by atoms with E-state index in [1.807, 2.05) is 6.08 Å². The van der Waals surface area contributed by atoms with Crippen molar-refractivity contribution < 1.29 is 9.18 Å². The molecule has 0 spiro atoms. The molecule has 0 bridgehead atoms. The number of benzene rings is 1. The molecule has 1 aromatic carbocycles. The minimum Gasteiger partial charge on any atom is -0.302 e. The van der Waals surface area contributed by atoms with Gasteiger partial charge in [0.15, 0.2) is 10.9 Å². The highest BCUT2D eigenvalue weighted by molar-refractivity contribution is 7.99. The van der Waals surface area contributed by atoms with Crippen LogP contribution in [0.1, 0.15) is 67.0 Å². The van der Waals surface area contributed by atoms with E-state index in [1.165, 1.54) is 44.2 Å². The van der Waals surface area contributed by atoms with E-state index in [9.17, 15) is 9.18 Å². The van der Waals surface area contributed by atoms with Crippen molar-refractivity contribution >= 4 is 17.5 Å². The molecule has 2 aromatic rings. The fourth-order valence-corrected chi connectivity index (χ4v) is 4.44. The number of nitrogens with zero attached hydrogens (tertiary/aromatic N) is 3. The fraction of sp³-hybridized carbons (Fsp3) is 0.476. The molecule has 0 radical (unpaired) electrons. The lowest BCUT2D eigenvalue weighted by Gasteiger charge is -2.21. The molecule has 1 aliphatic carbocycles. The Kier molecular flexibility index (Phi) is 7.21. The van der Waals surface area contributed by atoms with Gasteiger partial charge in [-0.1, -0.05) is 37.1 Å². The number of rotatable bonds is 9. The normalized spacial score (nSPS) is 15.0. The number of Topliss-reactive ketones (excluding diaryl/α,β-unsaturated/α-hetero) is 1. The minimum atomic E-state index is -0.322. The largest absolute Gasteiger partial charge is 0.302 e. The summed E-state index contributed by atoms with van der Waals surface area (Å²) in [4.78, 5) is 12.2. The number of hydrogen-bond acceptors (Lipinski definition) is 4. The maximum atomic E-state index is 12.9. The van der Waals surface area contributed by atoms with Crippen molar-refractivity contribution in [3.8, 4) is 0 Å². The van der Waals surface area contributed by atoms with Gasteiger partial charge in [0.25, 0.3) is 0 Å². The lowest BCUT2D eigenvalue weighted by atomic mass is 9.89. The first kappa shape index (κ1) is 19.8. The van der Waals surface area contributed by atoms with Crippen molar-refractivity contribution in [3.05, 3.63) is 54.1 Å². The van der Waals surface area contributed by atoms with Crippen molar-refractivity contribution in [1.82, 2.24) is 14.8 Å². The molecule has 3 rings (SSSR count). The highest BCUT2D eigenvalue weighted by Gasteiger charge is 2.23. The zero-order valence-corrected chi connectivity index (χ0v) is 16.4. The predicted octanol–water partition coefficient (Wildman–Crippen LogP) is 5.41. The third kappa shape index (κ3) is 5.28. The number of aromatic nitrogens is 3. The average molecular weight is 388 g/mol. The number of hydrogen-bond donors (Lipinski definition) is 0. The van der Waals surface area contributed by atoms with E-state index < -0.39 is 0 Å². The lowest BCUT2D eigenvalue weighted by Crippen LogP contribution is -2.12. The van der Waals surface area contributed by atoms with Gasteiger partial charge in [0.05, 0.1) is 0 Å². The van der Waals surface area contributed by atoms with Gasteiger partial charge in [-0.25, -0.2) is 4.39 Å². The van der Waals surface area contributed by atoms with Crippen LogP contribution < -0.4 is 0 Å². The van der Waals surface area contributed by atoms with Crippen LogP contribution >= 0.6 is 11.8 Å². The molecular formula is C21H26FN3OS. The van der Waals surface area contributed by atoms with E-state index in [0.29, 0.717) is 17.9 Å². The van der Waals surface area contributed by atoms with Gasteiger partial charge in [-0.05, 0) is 43.5 Å². The van der Waals surface area contributed by atoms with Gasteiger partial charge in [0.2, 0.25) is 0 Å². The Morgan fingerprint density at radius 3 is 2.67 bits per heavy atom. The van der Waals surface area contributed by atoms with Crippen molar-refractivity contribution in [2.24, 2.45) is 0 Å². The number of ketones is 1. The van der Waals surface area contributed by atoms with Crippen LogP contribution in [0.15, 0.2) is 42.1 Å². The molecule has 144 valence electrons. The molecular weight excluding hydrogens is 361 g/mol. The molecule has 0 unspecified atom stereocenters. The summed E-state index contributed by atoms with van der Waals surface area (Å²) >= 11 is 1.64. The summed E-state index contributed by atoms with van der Waals surface area (Å²) < 4.78 is 15.1. The van der Waals surface area contributed by atoms with E-state index in [4.69, 9.17) is 0 Å². The van der Waals surface area contributed by atoms with Crippen LogP contribution in [-0.2, 0) is 6.54 Å². The Labute approximate surface area is 164 Å². The van der Waals surface area contributed by atoms with E-state index >= 15 is 0 Å². The molecule has 4 nitrogen and oxygen atoms in total. The topological polar surface area (TPSA) is 47.8 Å². The molecule has 1 aliphatic rings. The van der Waals surface area contributed by atoms with Crippen molar-refractivity contribution in [1.29, 1.82) is 0 Å². The lowest BCUT2D eigenvalue weighted by molar-refractivity contribution is 0.0982. The highest BCUT2D eigenvalue weighted by atomic mass is 32.2. The molecule has 0 amide bonds. The average Bonchev–Trinajstić information content (AvgIpc) is 3.09. The van der Waals surface area contributed by atoms with Gasteiger partial charge >= 0.3 is 0 Å². The summed E-state index contributed by atoms with van der Waals surface area (Å²) in [7, 11) is 0. The molecule has 27 heavy (non-hydrogen) atoms. The van der Waals surface area contributed by atoms with Gasteiger partial charge in [0.1, 0.15) is 11.6 Å². The van der Waals surface area contributed by atoms with Crippen LogP contribution in [0.2, 0.25) is 0 Å². The zero-order valence-electron chi connectivity index (χ0n) is 15.6. The molecule has 0 N–H and O–H groups in total. The fourth-order valence-electron chi connectivity index (χ4n) is 3.55. The van der Waals surface area contributed by atoms with E-state index in [2.05, 4.69) is 21.3 Å². The summed E-state index contributed by atoms with van der Waals surface area (Å²) in [5.41, 5.74) is 0.566. The second-order valence-electron chi connectivity index (χ2n) is 6.96. The second kappa shape index (κ2) is 9.83. The molecule has 6 heteroatoms. The van der Waals surface area contributed by atoms with Crippen molar-refractivity contribution in [3.63, 3.8) is 0 Å². The van der Waals surface area contributed by atoms with Crippen LogP contribution in [0.3, 0.4) is 0 Å². The first-order valence-electron chi connectivity index (χ1n) is 9.64. The number of carbonyl (C=O) groups is 1. The summed E-state index contributed by atoms with van der Waals surface area (Å²) in [6, 6.07) is 5.74. The van der Waals surface area contributed by atoms with E-state index in [1.54, 1.807) is 23.9 Å². The Balaban J connectivity index is 1.54. The van der Waals surface area contributed by atoms with E-state index in [0.717, 1.165) is 29.7 Å². The summed E-state index contributed by atoms with van der Waals surface area (Å²) in [6.45, 7) is 4.58. The van der Waals surface area contributed by atoms with Gasteiger partial charge in [-0.2, -0.15) is 0 Å². The highest BCUT2D eigenvalue weighted by Crippen LogP contribution is 2.33. The standard InChI is InChI=1S/C21H26FN3OS/c1-2-14-25-20(17-7-4-3-5-8-17)23-24-21(25)27-15-6-9-19(26)16-10-12-18(22)13-11-16/h2,10-13,17H,1,3-9,14-15H2. The molecule has 0 saturated heterocycles. The summed E-state index contributed by atoms with van der Waals surface area (Å²) in [5.74, 6) is 2.11. The second-order valence-corrected chi connectivity index (χ2v) is 8.02. The number of halogens is 1. The number of thioether (sulfide) groups is 1. The number of carbonyl (C=O) groups excluding carboxylic acids is 1. The van der Waals surface area contributed by atoms with Crippen molar-refractivity contribution in [2.45, 2.75) is 62.6 Å². The predicted molar refractivity (Wildman–Crippen MR) is 107 cm³/mol. The van der Waals surface area contributed by atoms with Crippen LogP contribution in [0.4, 0.5) is 4.39 Å². The Morgan fingerprint density at radius 2 is 1.96 bits per heavy atom.